The molecule has 1 atom stereocenters. The molecule has 1 heterocycles. The minimum atomic E-state index is -0.596. The van der Waals surface area contributed by atoms with Crippen molar-refractivity contribution < 1.29 is 4.79 Å². The average Bonchev–Trinajstić information content (AvgIpc) is 2.54. The van der Waals surface area contributed by atoms with Gasteiger partial charge in [0.25, 0.3) is 5.91 Å². The predicted molar refractivity (Wildman–Crippen MR) is 91.9 cm³/mol. The van der Waals surface area contributed by atoms with Crippen LogP contribution >= 0.6 is 0 Å². The second-order valence-corrected chi connectivity index (χ2v) is 5.56. The molecule has 5 N–H and O–H groups in total. The van der Waals surface area contributed by atoms with Crippen molar-refractivity contribution in [3.8, 4) is 0 Å². The summed E-state index contributed by atoms with van der Waals surface area (Å²) in [4.78, 5) is 20.5. The Labute approximate surface area is 136 Å². The van der Waals surface area contributed by atoms with Gasteiger partial charge in [-0.15, -0.1) is 0 Å². The highest BCUT2D eigenvalue weighted by Crippen LogP contribution is 2.23. The number of anilines is 2. The number of nitrogens with two attached hydrogens (primary N) is 2. The monoisotopic (exact) mass is 313 g/mol. The molecule has 1 aromatic carbocycles. The lowest BCUT2D eigenvalue weighted by atomic mass is 10.0. The number of benzene rings is 1. The van der Waals surface area contributed by atoms with Crippen LogP contribution in [-0.2, 0) is 6.42 Å². The Morgan fingerprint density at radius 2 is 2.09 bits per heavy atom. The lowest BCUT2D eigenvalue weighted by Gasteiger charge is -2.14. The van der Waals surface area contributed by atoms with Gasteiger partial charge in [-0.2, -0.15) is 0 Å². The van der Waals surface area contributed by atoms with Gasteiger partial charge < -0.3 is 16.8 Å². The fourth-order valence-corrected chi connectivity index (χ4v) is 2.34. The van der Waals surface area contributed by atoms with E-state index in [9.17, 15) is 4.79 Å². The van der Waals surface area contributed by atoms with Gasteiger partial charge in [-0.05, 0) is 43.5 Å². The van der Waals surface area contributed by atoms with E-state index in [-0.39, 0.29) is 11.6 Å². The van der Waals surface area contributed by atoms with E-state index < -0.39 is 5.91 Å². The number of carbonyl (C=O) groups is 1. The van der Waals surface area contributed by atoms with Crippen LogP contribution in [0.5, 0.6) is 0 Å². The van der Waals surface area contributed by atoms with Crippen LogP contribution in [0.3, 0.4) is 0 Å². The van der Waals surface area contributed by atoms with E-state index in [2.05, 4.69) is 22.2 Å². The van der Waals surface area contributed by atoms with Gasteiger partial charge in [-0.3, -0.25) is 4.79 Å². The van der Waals surface area contributed by atoms with Gasteiger partial charge in [0.15, 0.2) is 11.5 Å². The molecule has 0 radical (unpaired) electrons. The zero-order valence-corrected chi connectivity index (χ0v) is 13.8. The minimum absolute atomic E-state index is 0.157. The summed E-state index contributed by atoms with van der Waals surface area (Å²) in [5.41, 5.74) is 14.8. The molecule has 0 saturated heterocycles. The SMILES string of the molecule is CCc1nc(C(N)=O)c(Nc2cccc([C@@H](C)CN)c2)nc1C. The number of hydrogen-bond acceptors (Lipinski definition) is 5. The lowest BCUT2D eigenvalue weighted by molar-refractivity contribution is 0.0996. The maximum atomic E-state index is 11.7. The van der Waals surface area contributed by atoms with E-state index in [0.717, 1.165) is 22.6 Å². The van der Waals surface area contributed by atoms with Gasteiger partial charge in [0.05, 0.1) is 11.4 Å². The highest BCUT2D eigenvalue weighted by Gasteiger charge is 2.15. The Morgan fingerprint density at radius 3 is 2.70 bits per heavy atom. The first kappa shape index (κ1) is 16.9. The number of carbonyl (C=O) groups excluding carboxylic acids is 1. The first-order valence-corrected chi connectivity index (χ1v) is 7.70. The van der Waals surface area contributed by atoms with Crippen molar-refractivity contribution in [1.29, 1.82) is 0 Å². The highest BCUT2D eigenvalue weighted by atomic mass is 16.1. The Kier molecular flexibility index (Phi) is 5.28. The third-order valence-electron chi connectivity index (χ3n) is 3.81. The summed E-state index contributed by atoms with van der Waals surface area (Å²) in [5, 5.41) is 3.15. The molecule has 0 spiro atoms. The maximum Gasteiger partial charge on any atom is 0.271 e. The molecule has 2 aromatic rings. The first-order valence-electron chi connectivity index (χ1n) is 7.70. The zero-order valence-electron chi connectivity index (χ0n) is 13.8. The quantitative estimate of drug-likeness (QED) is 0.758. The molecule has 6 heteroatoms. The number of primary amides is 1. The third-order valence-corrected chi connectivity index (χ3v) is 3.81. The maximum absolute atomic E-state index is 11.7. The van der Waals surface area contributed by atoms with Crippen molar-refractivity contribution in [2.45, 2.75) is 33.1 Å². The molecule has 122 valence electrons. The summed E-state index contributed by atoms with van der Waals surface area (Å²) < 4.78 is 0. The molecule has 0 unspecified atom stereocenters. The molecule has 0 aliphatic carbocycles. The molecule has 1 aromatic heterocycles. The second kappa shape index (κ2) is 7.19. The van der Waals surface area contributed by atoms with Crippen LogP contribution in [-0.4, -0.2) is 22.4 Å². The Hall–Kier alpha value is -2.47. The number of nitrogens with zero attached hydrogens (tertiary/aromatic N) is 2. The zero-order chi connectivity index (χ0) is 17.0. The molecule has 0 fully saturated rings. The summed E-state index contributed by atoms with van der Waals surface area (Å²) in [6.07, 6.45) is 0.697. The summed E-state index contributed by atoms with van der Waals surface area (Å²) in [6, 6.07) is 7.86. The van der Waals surface area contributed by atoms with E-state index >= 15 is 0 Å². The number of hydrogen-bond donors (Lipinski definition) is 3. The lowest BCUT2D eigenvalue weighted by Crippen LogP contribution is -2.18. The van der Waals surface area contributed by atoms with Gasteiger partial charge in [0.1, 0.15) is 0 Å². The Balaban J connectivity index is 2.40. The van der Waals surface area contributed by atoms with Crippen LogP contribution in [0, 0.1) is 6.92 Å². The first-order chi connectivity index (χ1) is 11.0. The van der Waals surface area contributed by atoms with Gasteiger partial charge >= 0.3 is 0 Å². The van der Waals surface area contributed by atoms with Gasteiger partial charge in [0, 0.05) is 5.69 Å². The van der Waals surface area contributed by atoms with Crippen molar-refractivity contribution in [2.24, 2.45) is 11.5 Å². The molecule has 0 aliphatic rings. The standard InChI is InChI=1S/C17H23N5O/c1-4-14-11(3)20-17(15(22-14)16(19)23)21-13-7-5-6-12(8-13)10(2)9-18/h5-8,10H,4,9,18H2,1-3H3,(H2,19,23)(H,20,21)/t10-/m0/s1. The summed E-state index contributed by atoms with van der Waals surface area (Å²) >= 11 is 0. The number of amides is 1. The van der Waals surface area contributed by atoms with Crippen LogP contribution in [0.15, 0.2) is 24.3 Å². The fourth-order valence-electron chi connectivity index (χ4n) is 2.34. The van der Waals surface area contributed by atoms with Gasteiger partial charge in [0.2, 0.25) is 0 Å². The van der Waals surface area contributed by atoms with Gasteiger partial charge in [-0.25, -0.2) is 9.97 Å². The molecule has 6 nitrogen and oxygen atoms in total. The van der Waals surface area contributed by atoms with E-state index in [1.165, 1.54) is 0 Å². The van der Waals surface area contributed by atoms with E-state index in [1.807, 2.05) is 38.1 Å². The average molecular weight is 313 g/mol. The molecule has 1 amide bonds. The van der Waals surface area contributed by atoms with Crippen molar-refractivity contribution in [3.63, 3.8) is 0 Å². The molecule has 0 aliphatic heterocycles. The summed E-state index contributed by atoms with van der Waals surface area (Å²) in [7, 11) is 0. The molecule has 2 rings (SSSR count). The van der Waals surface area contributed by atoms with Crippen LogP contribution in [0.2, 0.25) is 0 Å². The predicted octanol–water partition coefficient (Wildman–Crippen LogP) is 2.25. The molecular weight excluding hydrogens is 290 g/mol. The van der Waals surface area contributed by atoms with Crippen molar-refractivity contribution in [1.82, 2.24) is 9.97 Å². The van der Waals surface area contributed by atoms with Crippen molar-refractivity contribution >= 4 is 17.4 Å². The third kappa shape index (κ3) is 3.84. The Bertz CT molecular complexity index is 714. The second-order valence-electron chi connectivity index (χ2n) is 5.56. The van der Waals surface area contributed by atoms with Crippen LogP contribution in [0.4, 0.5) is 11.5 Å². The summed E-state index contributed by atoms with van der Waals surface area (Å²) in [6.45, 7) is 6.47. The number of aromatic nitrogens is 2. The van der Waals surface area contributed by atoms with Crippen LogP contribution in [0.25, 0.3) is 0 Å². The van der Waals surface area contributed by atoms with Crippen LogP contribution < -0.4 is 16.8 Å². The summed E-state index contributed by atoms with van der Waals surface area (Å²) in [5.74, 6) is 0.0357. The van der Waals surface area contributed by atoms with Crippen molar-refractivity contribution in [3.05, 3.63) is 46.9 Å². The van der Waals surface area contributed by atoms with Crippen molar-refractivity contribution in [2.75, 3.05) is 11.9 Å². The van der Waals surface area contributed by atoms with E-state index in [0.29, 0.717) is 18.8 Å². The molecular formula is C17H23N5O. The Morgan fingerprint density at radius 1 is 1.35 bits per heavy atom. The number of aryl methyl sites for hydroxylation is 2. The smallest absolute Gasteiger partial charge is 0.271 e. The molecule has 23 heavy (non-hydrogen) atoms. The normalized spacial score (nSPS) is 12.0. The van der Waals surface area contributed by atoms with E-state index in [1.54, 1.807) is 0 Å². The number of rotatable bonds is 6. The molecule has 0 saturated carbocycles. The van der Waals surface area contributed by atoms with Gasteiger partial charge in [-0.1, -0.05) is 26.0 Å². The number of nitrogens with one attached hydrogen (secondary N) is 1. The minimum Gasteiger partial charge on any atom is -0.364 e. The van der Waals surface area contributed by atoms with E-state index in [4.69, 9.17) is 11.5 Å². The molecule has 0 bridgehead atoms. The van der Waals surface area contributed by atoms with Crippen LogP contribution in [0.1, 0.15) is 47.2 Å². The topological polar surface area (TPSA) is 107 Å². The highest BCUT2D eigenvalue weighted by molar-refractivity contribution is 5.96. The fraction of sp³-hybridized carbons (Fsp3) is 0.353. The largest absolute Gasteiger partial charge is 0.364 e.